The van der Waals surface area contributed by atoms with Gasteiger partial charge in [-0.2, -0.15) is 0 Å². The molecule has 0 heterocycles. The second-order valence-corrected chi connectivity index (χ2v) is 4.78. The van der Waals surface area contributed by atoms with E-state index in [4.69, 9.17) is 5.11 Å². The Morgan fingerprint density at radius 3 is 2.37 bits per heavy atom. The van der Waals surface area contributed by atoms with Crippen molar-refractivity contribution >= 4 is 11.9 Å². The van der Waals surface area contributed by atoms with Crippen molar-refractivity contribution in [3.05, 3.63) is 35.4 Å². The van der Waals surface area contributed by atoms with Crippen molar-refractivity contribution in [3.63, 3.8) is 0 Å². The predicted molar refractivity (Wildman–Crippen MR) is 69.1 cm³/mol. The first kappa shape index (κ1) is 13.5. The fourth-order valence-corrected chi connectivity index (χ4v) is 2.39. The molecule has 0 aromatic heterocycles. The van der Waals surface area contributed by atoms with Gasteiger partial charge in [0.1, 0.15) is 0 Å². The average molecular weight is 263 g/mol. The lowest BCUT2D eigenvalue weighted by molar-refractivity contribution is 0.0675. The Hall–Kier alpha value is -1.88. The second kappa shape index (κ2) is 5.84. The topological polar surface area (TPSA) is 86.6 Å². The summed E-state index contributed by atoms with van der Waals surface area (Å²) in [6.07, 6.45) is 2.77. The van der Waals surface area contributed by atoms with E-state index in [0.29, 0.717) is 6.42 Å². The van der Waals surface area contributed by atoms with E-state index in [0.717, 1.165) is 19.3 Å². The maximum absolute atomic E-state index is 12.1. The predicted octanol–water partition coefficient (Wildman–Crippen LogP) is 1.42. The lowest BCUT2D eigenvalue weighted by Gasteiger charge is -2.28. The summed E-state index contributed by atoms with van der Waals surface area (Å²) in [4.78, 5) is 23.2. The minimum absolute atomic E-state index is 0.0229. The highest BCUT2D eigenvalue weighted by Crippen LogP contribution is 2.19. The van der Waals surface area contributed by atoms with Gasteiger partial charge in [-0.25, -0.2) is 4.79 Å². The van der Waals surface area contributed by atoms with Gasteiger partial charge < -0.3 is 15.5 Å². The summed E-state index contributed by atoms with van der Waals surface area (Å²) in [6, 6.07) is 5.79. The monoisotopic (exact) mass is 263 g/mol. The van der Waals surface area contributed by atoms with Crippen LogP contribution in [0.15, 0.2) is 24.3 Å². The molecule has 3 N–H and O–H groups in total. The molecule has 0 bridgehead atoms. The molecule has 2 rings (SSSR count). The Kier molecular flexibility index (Phi) is 4.16. The van der Waals surface area contributed by atoms with E-state index >= 15 is 0 Å². The summed E-state index contributed by atoms with van der Waals surface area (Å²) >= 11 is 0. The number of hydrogen-bond acceptors (Lipinski definition) is 3. The Labute approximate surface area is 111 Å². The molecule has 0 saturated heterocycles. The molecule has 1 aliphatic carbocycles. The minimum atomic E-state index is -1.13. The van der Waals surface area contributed by atoms with Crippen LogP contribution < -0.4 is 5.32 Å². The lowest BCUT2D eigenvalue weighted by Crippen LogP contribution is -2.45. The van der Waals surface area contributed by atoms with Crippen LogP contribution in [0.5, 0.6) is 0 Å². The molecule has 0 radical (unpaired) electrons. The number of amides is 1. The maximum Gasteiger partial charge on any atom is 0.336 e. The van der Waals surface area contributed by atoms with Crippen molar-refractivity contribution in [2.45, 2.75) is 37.8 Å². The molecule has 1 aromatic carbocycles. The molecule has 1 saturated carbocycles. The van der Waals surface area contributed by atoms with Crippen LogP contribution in [0.1, 0.15) is 46.4 Å². The fraction of sp³-hybridized carbons (Fsp3) is 0.429. The summed E-state index contributed by atoms with van der Waals surface area (Å²) in [5.41, 5.74) is 0.109. The van der Waals surface area contributed by atoms with Crippen molar-refractivity contribution in [3.8, 4) is 0 Å². The van der Waals surface area contributed by atoms with E-state index in [9.17, 15) is 14.7 Å². The first-order chi connectivity index (χ1) is 9.09. The van der Waals surface area contributed by atoms with Crippen LogP contribution in [0.4, 0.5) is 0 Å². The molecule has 5 nitrogen and oxygen atoms in total. The standard InChI is InChI=1S/C14H17NO4/c16-12-8-4-3-7-11(12)15-13(17)9-5-1-2-6-10(9)14(18)19/h1-2,5-6,11-12,16H,3-4,7-8H2,(H,15,17)(H,18,19). The number of nitrogens with one attached hydrogen (secondary N) is 1. The largest absolute Gasteiger partial charge is 0.478 e. The second-order valence-electron chi connectivity index (χ2n) is 4.78. The van der Waals surface area contributed by atoms with Gasteiger partial charge in [-0.05, 0) is 25.0 Å². The molecule has 2 atom stereocenters. The molecule has 102 valence electrons. The van der Waals surface area contributed by atoms with Crippen LogP contribution in [0.25, 0.3) is 0 Å². The number of aromatic carboxylic acids is 1. The summed E-state index contributed by atoms with van der Waals surface area (Å²) in [6.45, 7) is 0. The number of aliphatic hydroxyl groups excluding tert-OH is 1. The summed E-state index contributed by atoms with van der Waals surface area (Å²) < 4.78 is 0. The molecule has 1 fully saturated rings. The van der Waals surface area contributed by atoms with Crippen LogP contribution in [-0.4, -0.2) is 34.2 Å². The van der Waals surface area contributed by atoms with Crippen molar-refractivity contribution in [1.82, 2.24) is 5.32 Å². The van der Waals surface area contributed by atoms with Gasteiger partial charge >= 0.3 is 5.97 Å². The number of carbonyl (C=O) groups excluding carboxylic acids is 1. The lowest BCUT2D eigenvalue weighted by atomic mass is 9.92. The molecule has 0 spiro atoms. The van der Waals surface area contributed by atoms with Crippen LogP contribution in [-0.2, 0) is 0 Å². The van der Waals surface area contributed by atoms with Crippen LogP contribution in [0.3, 0.4) is 0 Å². The van der Waals surface area contributed by atoms with Gasteiger partial charge in [-0.3, -0.25) is 4.79 Å². The molecule has 1 amide bonds. The van der Waals surface area contributed by atoms with E-state index in [1.54, 1.807) is 12.1 Å². The quantitative estimate of drug-likeness (QED) is 0.769. The number of benzene rings is 1. The average Bonchev–Trinajstić information content (AvgIpc) is 2.41. The van der Waals surface area contributed by atoms with Crippen molar-refractivity contribution in [1.29, 1.82) is 0 Å². The normalized spacial score (nSPS) is 22.8. The third-order valence-electron chi connectivity index (χ3n) is 3.45. The van der Waals surface area contributed by atoms with E-state index in [-0.39, 0.29) is 17.2 Å². The highest BCUT2D eigenvalue weighted by Gasteiger charge is 2.26. The fourth-order valence-electron chi connectivity index (χ4n) is 2.39. The highest BCUT2D eigenvalue weighted by molar-refractivity contribution is 6.04. The molecule has 0 aliphatic heterocycles. The van der Waals surface area contributed by atoms with Gasteiger partial charge in [0.05, 0.1) is 23.3 Å². The summed E-state index contributed by atoms with van der Waals surface area (Å²) in [7, 11) is 0. The van der Waals surface area contributed by atoms with Crippen molar-refractivity contribution in [2.24, 2.45) is 0 Å². The highest BCUT2D eigenvalue weighted by atomic mass is 16.4. The number of carbonyl (C=O) groups is 2. The molecular formula is C14H17NO4. The first-order valence-electron chi connectivity index (χ1n) is 6.41. The third-order valence-corrected chi connectivity index (χ3v) is 3.45. The van der Waals surface area contributed by atoms with Gasteiger partial charge in [0.25, 0.3) is 5.91 Å². The molecule has 2 unspecified atom stereocenters. The molecule has 1 aromatic rings. The number of carboxylic acid groups (broad SMARTS) is 1. The van der Waals surface area contributed by atoms with Gasteiger partial charge in [0.15, 0.2) is 0 Å². The number of rotatable bonds is 3. The van der Waals surface area contributed by atoms with Crippen LogP contribution in [0.2, 0.25) is 0 Å². The Balaban J connectivity index is 2.13. The van der Waals surface area contributed by atoms with E-state index in [1.165, 1.54) is 12.1 Å². The number of carboxylic acids is 1. The summed E-state index contributed by atoms with van der Waals surface area (Å²) in [5.74, 6) is -1.57. The molecule has 19 heavy (non-hydrogen) atoms. The molecule has 1 aliphatic rings. The zero-order valence-electron chi connectivity index (χ0n) is 10.5. The summed E-state index contributed by atoms with van der Waals surface area (Å²) in [5, 5.41) is 21.6. The molecular weight excluding hydrogens is 246 g/mol. The van der Waals surface area contributed by atoms with E-state index in [1.807, 2.05) is 0 Å². The van der Waals surface area contributed by atoms with E-state index < -0.39 is 18.0 Å². The van der Waals surface area contributed by atoms with Crippen molar-refractivity contribution in [2.75, 3.05) is 0 Å². The van der Waals surface area contributed by atoms with Gasteiger partial charge in [0.2, 0.25) is 0 Å². The number of hydrogen-bond donors (Lipinski definition) is 3. The zero-order valence-corrected chi connectivity index (χ0v) is 10.5. The SMILES string of the molecule is O=C(O)c1ccccc1C(=O)NC1CCCCC1O. The Morgan fingerprint density at radius 2 is 1.74 bits per heavy atom. The minimum Gasteiger partial charge on any atom is -0.478 e. The zero-order chi connectivity index (χ0) is 13.8. The maximum atomic E-state index is 12.1. The Bertz CT molecular complexity index is 486. The molecule has 5 heteroatoms. The van der Waals surface area contributed by atoms with Crippen LogP contribution in [0, 0.1) is 0 Å². The smallest absolute Gasteiger partial charge is 0.336 e. The third kappa shape index (κ3) is 3.12. The van der Waals surface area contributed by atoms with Gasteiger partial charge in [0, 0.05) is 0 Å². The van der Waals surface area contributed by atoms with Gasteiger partial charge in [-0.15, -0.1) is 0 Å². The van der Waals surface area contributed by atoms with Crippen LogP contribution >= 0.6 is 0 Å². The first-order valence-corrected chi connectivity index (χ1v) is 6.41. The van der Waals surface area contributed by atoms with Crippen molar-refractivity contribution < 1.29 is 19.8 Å². The Morgan fingerprint density at radius 1 is 1.11 bits per heavy atom. The number of aliphatic hydroxyl groups is 1. The van der Waals surface area contributed by atoms with Gasteiger partial charge in [-0.1, -0.05) is 25.0 Å². The van der Waals surface area contributed by atoms with E-state index in [2.05, 4.69) is 5.32 Å².